The standard InChI is InChI=1S/C8H11N3OS/c1-11-3-2-5-6(4-11)13-8(10-5)7(9)12/h2-4H2,1H3,(H2,9,12)/p+1. The minimum atomic E-state index is -0.359. The van der Waals surface area contributed by atoms with Gasteiger partial charge in [-0.1, -0.05) is 11.3 Å². The van der Waals surface area contributed by atoms with Crippen molar-refractivity contribution in [1.82, 2.24) is 4.90 Å². The van der Waals surface area contributed by atoms with Gasteiger partial charge in [-0.3, -0.25) is 4.79 Å². The van der Waals surface area contributed by atoms with Crippen LogP contribution in [0.2, 0.25) is 0 Å². The molecule has 0 radical (unpaired) electrons. The summed E-state index contributed by atoms with van der Waals surface area (Å²) in [5, 5.41) is 0.570. The monoisotopic (exact) mass is 198 g/mol. The first-order chi connectivity index (χ1) is 6.16. The van der Waals surface area contributed by atoms with Crippen LogP contribution in [-0.4, -0.2) is 24.4 Å². The highest BCUT2D eigenvalue weighted by atomic mass is 32.1. The number of aromatic nitrogens is 1. The molecule has 5 heteroatoms. The molecular formula is C8H12N3OS+. The molecule has 0 bridgehead atoms. The molecule has 0 atom stereocenters. The van der Waals surface area contributed by atoms with Gasteiger partial charge in [-0.15, -0.1) is 0 Å². The molecule has 1 aromatic rings. The number of fused-ring (bicyclic) bond motifs is 1. The quantitative estimate of drug-likeness (QED) is 0.670. The summed E-state index contributed by atoms with van der Waals surface area (Å²) >= 11 is 1.48. The Balaban J connectivity index is 2.33. The fourth-order valence-corrected chi connectivity index (χ4v) is 2.57. The van der Waals surface area contributed by atoms with E-state index in [9.17, 15) is 4.79 Å². The van der Waals surface area contributed by atoms with Gasteiger partial charge in [0.05, 0.1) is 4.88 Å². The lowest BCUT2D eigenvalue weighted by molar-refractivity contribution is -0.388. The smallest absolute Gasteiger partial charge is 0.326 e. The first kappa shape index (κ1) is 8.65. The number of rotatable bonds is 1. The molecule has 0 saturated heterocycles. The Labute approximate surface area is 80.4 Å². The number of H-pyrrole nitrogens is 1. The predicted molar refractivity (Wildman–Crippen MR) is 49.4 cm³/mol. The molecule has 0 unspecified atom stereocenters. The summed E-state index contributed by atoms with van der Waals surface area (Å²) in [5.41, 5.74) is 6.36. The lowest BCUT2D eigenvalue weighted by Crippen LogP contribution is -2.29. The number of nitrogens with zero attached hydrogens (tertiary/aromatic N) is 1. The highest BCUT2D eigenvalue weighted by molar-refractivity contribution is 7.13. The number of amides is 1. The number of likely N-dealkylation sites (N-methyl/N-ethyl adjacent to an activating group) is 1. The van der Waals surface area contributed by atoms with Crippen LogP contribution in [0.4, 0.5) is 0 Å². The normalized spacial score (nSPS) is 17.0. The van der Waals surface area contributed by atoms with Crippen LogP contribution in [0.5, 0.6) is 0 Å². The van der Waals surface area contributed by atoms with Gasteiger partial charge in [0, 0.05) is 19.5 Å². The SMILES string of the molecule is CN1CCc2[nH+]c(C(N)=O)sc2C1. The van der Waals surface area contributed by atoms with Gasteiger partial charge < -0.3 is 10.6 Å². The third kappa shape index (κ3) is 1.57. The Morgan fingerprint density at radius 1 is 1.69 bits per heavy atom. The summed E-state index contributed by atoms with van der Waals surface area (Å²) in [7, 11) is 2.08. The van der Waals surface area contributed by atoms with Crippen LogP contribution < -0.4 is 10.7 Å². The van der Waals surface area contributed by atoms with Crippen LogP contribution in [0.1, 0.15) is 20.4 Å². The summed E-state index contributed by atoms with van der Waals surface area (Å²) in [6.07, 6.45) is 0.982. The number of carbonyl (C=O) groups is 1. The van der Waals surface area contributed by atoms with E-state index in [0.29, 0.717) is 5.01 Å². The zero-order valence-electron chi connectivity index (χ0n) is 7.46. The van der Waals surface area contributed by atoms with E-state index in [-0.39, 0.29) is 5.91 Å². The van der Waals surface area contributed by atoms with Crippen LogP contribution >= 0.6 is 11.3 Å². The van der Waals surface area contributed by atoms with E-state index in [2.05, 4.69) is 16.9 Å². The van der Waals surface area contributed by atoms with Gasteiger partial charge in [-0.05, 0) is 7.05 Å². The molecule has 0 spiro atoms. The maximum absolute atomic E-state index is 10.9. The largest absolute Gasteiger partial charge is 0.360 e. The second-order valence-electron chi connectivity index (χ2n) is 3.31. The van der Waals surface area contributed by atoms with E-state index in [1.807, 2.05) is 0 Å². The number of hydrogen-bond acceptors (Lipinski definition) is 3. The Morgan fingerprint density at radius 2 is 2.46 bits per heavy atom. The van der Waals surface area contributed by atoms with Crippen molar-refractivity contribution in [3.63, 3.8) is 0 Å². The van der Waals surface area contributed by atoms with Crippen LogP contribution in [-0.2, 0) is 13.0 Å². The zero-order valence-corrected chi connectivity index (χ0v) is 8.28. The Bertz CT molecular complexity index is 347. The van der Waals surface area contributed by atoms with Gasteiger partial charge >= 0.3 is 10.9 Å². The van der Waals surface area contributed by atoms with Crippen LogP contribution in [0.15, 0.2) is 0 Å². The van der Waals surface area contributed by atoms with Crippen molar-refractivity contribution in [3.8, 4) is 0 Å². The highest BCUT2D eigenvalue weighted by Crippen LogP contribution is 2.20. The third-order valence-corrected chi connectivity index (χ3v) is 3.34. The first-order valence-electron chi connectivity index (χ1n) is 4.19. The second-order valence-corrected chi connectivity index (χ2v) is 4.42. The third-order valence-electron chi connectivity index (χ3n) is 2.21. The molecule has 1 aliphatic rings. The van der Waals surface area contributed by atoms with Gasteiger partial charge in [0.2, 0.25) is 0 Å². The molecule has 13 heavy (non-hydrogen) atoms. The predicted octanol–water partition coefficient (Wildman–Crippen LogP) is -0.351. The number of nitrogens with two attached hydrogens (primary N) is 1. The molecule has 3 N–H and O–H groups in total. The molecule has 2 rings (SSSR count). The van der Waals surface area contributed by atoms with E-state index in [4.69, 9.17) is 5.73 Å². The van der Waals surface area contributed by atoms with Crippen molar-refractivity contribution >= 4 is 17.2 Å². The summed E-state index contributed by atoms with van der Waals surface area (Å²) in [6.45, 7) is 1.96. The van der Waals surface area contributed by atoms with E-state index < -0.39 is 0 Å². The Hall–Kier alpha value is -0.940. The highest BCUT2D eigenvalue weighted by Gasteiger charge is 2.25. The van der Waals surface area contributed by atoms with Crippen molar-refractivity contribution < 1.29 is 9.78 Å². The molecule has 70 valence electrons. The molecule has 4 nitrogen and oxygen atoms in total. The number of thiazole rings is 1. The van der Waals surface area contributed by atoms with E-state index >= 15 is 0 Å². The molecule has 2 heterocycles. The molecule has 1 aliphatic heterocycles. The van der Waals surface area contributed by atoms with Crippen molar-refractivity contribution in [1.29, 1.82) is 0 Å². The van der Waals surface area contributed by atoms with E-state index in [0.717, 1.165) is 19.5 Å². The average Bonchev–Trinajstić information content (AvgIpc) is 2.46. The fraction of sp³-hybridized carbons (Fsp3) is 0.500. The molecular weight excluding hydrogens is 186 g/mol. The maximum atomic E-state index is 10.9. The minimum absolute atomic E-state index is 0.359. The molecule has 1 aromatic heterocycles. The van der Waals surface area contributed by atoms with Crippen molar-refractivity contribution in [2.75, 3.05) is 13.6 Å². The Morgan fingerprint density at radius 3 is 3.15 bits per heavy atom. The van der Waals surface area contributed by atoms with E-state index in [1.54, 1.807) is 0 Å². The van der Waals surface area contributed by atoms with Crippen molar-refractivity contribution in [3.05, 3.63) is 15.6 Å². The molecule has 0 saturated carbocycles. The topological polar surface area (TPSA) is 60.5 Å². The number of primary amides is 1. The fourth-order valence-electron chi connectivity index (χ4n) is 1.49. The molecule has 0 aliphatic carbocycles. The Kier molecular flexibility index (Phi) is 2.05. The zero-order chi connectivity index (χ0) is 9.42. The van der Waals surface area contributed by atoms with Gasteiger partial charge in [0.1, 0.15) is 0 Å². The second kappa shape index (κ2) is 3.08. The van der Waals surface area contributed by atoms with Gasteiger partial charge in [-0.2, -0.15) is 4.98 Å². The molecule has 1 amide bonds. The number of nitrogens with one attached hydrogen (secondary N) is 1. The van der Waals surface area contributed by atoms with E-state index in [1.165, 1.54) is 21.9 Å². The number of hydrogen-bond donors (Lipinski definition) is 1. The maximum Gasteiger partial charge on any atom is 0.326 e. The lowest BCUT2D eigenvalue weighted by atomic mass is 10.2. The van der Waals surface area contributed by atoms with Crippen molar-refractivity contribution in [2.24, 2.45) is 5.73 Å². The van der Waals surface area contributed by atoms with Gasteiger partial charge in [0.15, 0.2) is 5.69 Å². The number of aromatic amines is 1. The summed E-state index contributed by atoms with van der Waals surface area (Å²) < 4.78 is 0. The first-order valence-corrected chi connectivity index (χ1v) is 5.00. The molecule has 0 aromatic carbocycles. The summed E-state index contributed by atoms with van der Waals surface area (Å²) in [5.74, 6) is -0.359. The van der Waals surface area contributed by atoms with Crippen LogP contribution in [0.25, 0.3) is 0 Å². The van der Waals surface area contributed by atoms with Crippen molar-refractivity contribution in [2.45, 2.75) is 13.0 Å². The van der Waals surface area contributed by atoms with Crippen LogP contribution in [0.3, 0.4) is 0 Å². The minimum Gasteiger partial charge on any atom is -0.360 e. The lowest BCUT2D eigenvalue weighted by Gasteiger charge is -2.17. The molecule has 0 fully saturated rings. The average molecular weight is 198 g/mol. The summed E-state index contributed by atoms with van der Waals surface area (Å²) in [6, 6.07) is 0. The van der Waals surface area contributed by atoms with Gasteiger partial charge in [-0.25, -0.2) is 0 Å². The van der Waals surface area contributed by atoms with Crippen LogP contribution in [0, 0.1) is 0 Å². The summed E-state index contributed by atoms with van der Waals surface area (Å²) in [4.78, 5) is 17.4. The number of carbonyl (C=O) groups excluding carboxylic acids is 1. The van der Waals surface area contributed by atoms with Gasteiger partial charge in [0.25, 0.3) is 0 Å².